The normalized spacial score (nSPS) is 11.7. The number of para-hydroxylation sites is 4. The van der Waals surface area contributed by atoms with E-state index in [1.807, 2.05) is 24.4 Å². The number of benzene rings is 7. The van der Waals surface area contributed by atoms with Crippen LogP contribution in [0.15, 0.2) is 195 Å². The molecule has 10 aromatic rings. The SMILES string of the molecule is C=C(c1cccc(Oc2ccc3c4ccccc4n(-c4cc(C(C)(C)C)ccn4)c3c2)c1)n1[c-][n+](-c2c(-c3ccccc3)cccc2-c2ccccc2)c2ccccc21. The van der Waals surface area contributed by atoms with E-state index in [-0.39, 0.29) is 5.41 Å². The van der Waals surface area contributed by atoms with E-state index in [1.165, 1.54) is 10.9 Å². The summed E-state index contributed by atoms with van der Waals surface area (Å²) in [5.41, 5.74) is 12.6. The number of hydrogen-bond acceptors (Lipinski definition) is 2. The van der Waals surface area contributed by atoms with Gasteiger partial charge in [0.15, 0.2) is 0 Å². The Kier molecular flexibility index (Phi) is 8.80. The molecule has 0 radical (unpaired) electrons. The van der Waals surface area contributed by atoms with Crippen molar-refractivity contribution in [1.29, 1.82) is 0 Å². The Morgan fingerprint density at radius 1 is 0.593 bits per heavy atom. The van der Waals surface area contributed by atoms with Gasteiger partial charge in [0, 0.05) is 23.0 Å². The highest BCUT2D eigenvalue weighted by atomic mass is 16.5. The van der Waals surface area contributed by atoms with Gasteiger partial charge >= 0.3 is 0 Å². The van der Waals surface area contributed by atoms with Gasteiger partial charge in [-0.3, -0.25) is 13.7 Å². The summed E-state index contributed by atoms with van der Waals surface area (Å²) in [6, 6.07) is 63.3. The third-order valence-electron chi connectivity index (χ3n) is 11.2. The molecular weight excluding hydrogens is 721 g/mol. The van der Waals surface area contributed by atoms with E-state index in [0.717, 1.165) is 78.2 Å². The van der Waals surface area contributed by atoms with Crippen molar-refractivity contribution in [3.05, 3.63) is 212 Å². The van der Waals surface area contributed by atoms with Crippen molar-refractivity contribution in [2.75, 3.05) is 0 Å². The predicted molar refractivity (Wildman–Crippen MR) is 241 cm³/mol. The molecule has 0 aliphatic heterocycles. The smallest absolute Gasteiger partial charge is 0.269 e. The van der Waals surface area contributed by atoms with Gasteiger partial charge in [-0.1, -0.05) is 161 Å². The van der Waals surface area contributed by atoms with E-state index < -0.39 is 0 Å². The zero-order valence-corrected chi connectivity index (χ0v) is 33.3. The van der Waals surface area contributed by atoms with Gasteiger partial charge in [-0.2, -0.15) is 0 Å². The first-order chi connectivity index (χ1) is 28.8. The molecule has 284 valence electrons. The van der Waals surface area contributed by atoms with Crippen LogP contribution in [0.5, 0.6) is 11.5 Å². The molecule has 0 aliphatic rings. The Labute approximate surface area is 344 Å². The van der Waals surface area contributed by atoms with Crippen LogP contribution in [-0.2, 0) is 5.41 Å². The second-order valence-electron chi connectivity index (χ2n) is 16.0. The largest absolute Gasteiger partial charge is 0.457 e. The summed E-state index contributed by atoms with van der Waals surface area (Å²) in [5, 5.41) is 2.32. The summed E-state index contributed by atoms with van der Waals surface area (Å²) < 4.78 is 13.2. The molecule has 0 saturated heterocycles. The Morgan fingerprint density at radius 3 is 1.95 bits per heavy atom. The molecule has 0 unspecified atom stereocenters. The molecule has 3 aromatic heterocycles. The molecule has 0 atom stereocenters. The van der Waals surface area contributed by atoms with Crippen LogP contribution in [0.4, 0.5) is 0 Å². The van der Waals surface area contributed by atoms with Crippen molar-refractivity contribution in [3.63, 3.8) is 0 Å². The van der Waals surface area contributed by atoms with E-state index in [1.54, 1.807) is 0 Å². The zero-order chi connectivity index (χ0) is 40.1. The van der Waals surface area contributed by atoms with Crippen LogP contribution in [0.1, 0.15) is 31.9 Å². The van der Waals surface area contributed by atoms with Crippen molar-refractivity contribution in [2.24, 2.45) is 0 Å². The van der Waals surface area contributed by atoms with E-state index in [0.29, 0.717) is 5.75 Å². The molecule has 0 N–H and O–H groups in total. The summed E-state index contributed by atoms with van der Waals surface area (Å²) >= 11 is 0. The van der Waals surface area contributed by atoms with Gasteiger partial charge in [-0.25, -0.2) is 4.98 Å². The van der Waals surface area contributed by atoms with Crippen molar-refractivity contribution >= 4 is 38.5 Å². The molecule has 59 heavy (non-hydrogen) atoms. The number of nitrogens with zero attached hydrogens (tertiary/aromatic N) is 4. The summed E-state index contributed by atoms with van der Waals surface area (Å²) in [7, 11) is 0. The minimum Gasteiger partial charge on any atom is -0.457 e. The lowest BCUT2D eigenvalue weighted by atomic mass is 9.88. The van der Waals surface area contributed by atoms with Crippen LogP contribution >= 0.6 is 0 Å². The van der Waals surface area contributed by atoms with E-state index in [2.05, 4.69) is 211 Å². The molecule has 7 aromatic carbocycles. The fourth-order valence-electron chi connectivity index (χ4n) is 8.18. The molecule has 5 nitrogen and oxygen atoms in total. The Bertz CT molecular complexity index is 3130. The van der Waals surface area contributed by atoms with Crippen molar-refractivity contribution in [1.82, 2.24) is 14.1 Å². The van der Waals surface area contributed by atoms with Crippen LogP contribution in [0.25, 0.3) is 72.3 Å². The first-order valence-electron chi connectivity index (χ1n) is 20.0. The highest BCUT2D eigenvalue weighted by Crippen LogP contribution is 2.37. The lowest BCUT2D eigenvalue weighted by molar-refractivity contribution is -0.571. The van der Waals surface area contributed by atoms with Crippen LogP contribution in [0.3, 0.4) is 0 Å². The van der Waals surface area contributed by atoms with Crippen LogP contribution < -0.4 is 9.30 Å². The van der Waals surface area contributed by atoms with Crippen LogP contribution in [0.2, 0.25) is 0 Å². The highest BCUT2D eigenvalue weighted by molar-refractivity contribution is 6.09. The number of imidazole rings is 1. The number of hydrogen-bond donors (Lipinski definition) is 0. The molecule has 10 rings (SSSR count). The maximum absolute atomic E-state index is 6.67. The molecule has 0 saturated carbocycles. The average molecular weight is 763 g/mol. The third kappa shape index (κ3) is 6.47. The molecule has 0 amide bonds. The van der Waals surface area contributed by atoms with E-state index in [4.69, 9.17) is 9.72 Å². The quantitative estimate of drug-likeness (QED) is 0.114. The van der Waals surface area contributed by atoms with Crippen molar-refractivity contribution in [3.8, 4) is 45.3 Å². The summed E-state index contributed by atoms with van der Waals surface area (Å²) in [6.45, 7) is 11.3. The van der Waals surface area contributed by atoms with Gasteiger partial charge in [0.2, 0.25) is 0 Å². The monoisotopic (exact) mass is 762 g/mol. The number of aromatic nitrogens is 4. The lowest BCUT2D eigenvalue weighted by Crippen LogP contribution is -2.31. The van der Waals surface area contributed by atoms with Crippen LogP contribution in [-0.4, -0.2) is 14.1 Å². The lowest BCUT2D eigenvalue weighted by Gasteiger charge is -2.20. The maximum Gasteiger partial charge on any atom is 0.269 e. The van der Waals surface area contributed by atoms with Crippen molar-refractivity contribution in [2.45, 2.75) is 26.2 Å². The van der Waals surface area contributed by atoms with Crippen molar-refractivity contribution < 1.29 is 9.30 Å². The van der Waals surface area contributed by atoms with Gasteiger partial charge in [0.25, 0.3) is 6.33 Å². The Morgan fingerprint density at radius 2 is 1.22 bits per heavy atom. The topological polar surface area (TPSA) is 35.9 Å². The molecule has 0 spiro atoms. The Hall–Kier alpha value is -7.50. The minimum atomic E-state index is -0.0115. The molecule has 3 heterocycles. The zero-order valence-electron chi connectivity index (χ0n) is 33.3. The fourth-order valence-corrected chi connectivity index (χ4v) is 8.18. The fraction of sp³-hybridized carbons (Fsp3) is 0.0741. The molecule has 5 heteroatoms. The summed E-state index contributed by atoms with van der Waals surface area (Å²) in [6.07, 6.45) is 5.65. The molecule has 0 fully saturated rings. The van der Waals surface area contributed by atoms with Gasteiger partial charge in [-0.15, -0.1) is 0 Å². The van der Waals surface area contributed by atoms with Gasteiger partial charge < -0.3 is 4.74 Å². The first-order valence-corrected chi connectivity index (χ1v) is 20.0. The maximum atomic E-state index is 6.67. The first kappa shape index (κ1) is 35.9. The van der Waals surface area contributed by atoms with Crippen LogP contribution in [0, 0.1) is 6.33 Å². The molecular formula is C54H42N4O. The number of ether oxygens (including phenoxy) is 1. The summed E-state index contributed by atoms with van der Waals surface area (Å²) in [5.74, 6) is 2.33. The predicted octanol–water partition coefficient (Wildman–Crippen LogP) is 13.2. The Balaban J connectivity index is 1.05. The van der Waals surface area contributed by atoms with Gasteiger partial charge in [0.05, 0.1) is 33.5 Å². The summed E-state index contributed by atoms with van der Waals surface area (Å²) in [4.78, 5) is 4.86. The number of pyridine rings is 1. The highest BCUT2D eigenvalue weighted by Gasteiger charge is 2.21. The average Bonchev–Trinajstić information content (AvgIpc) is 3.82. The number of rotatable bonds is 8. The van der Waals surface area contributed by atoms with E-state index >= 15 is 0 Å². The third-order valence-corrected chi connectivity index (χ3v) is 11.2. The van der Waals surface area contributed by atoms with Gasteiger partial charge in [0.1, 0.15) is 17.3 Å². The minimum absolute atomic E-state index is 0.0115. The second kappa shape index (κ2) is 14.5. The molecule has 0 aliphatic carbocycles. The second-order valence-corrected chi connectivity index (χ2v) is 16.0. The number of fused-ring (bicyclic) bond motifs is 4. The van der Waals surface area contributed by atoms with E-state index in [9.17, 15) is 0 Å². The van der Waals surface area contributed by atoms with Gasteiger partial charge in [-0.05, 0) is 81.3 Å². The standard InChI is InChI=1S/C54H42N4O/c1-37(56-36-57(50-28-14-13-27-49(50)56)53-44(38-17-7-5-8-18-38)24-16-25-45(53)39-19-9-6-10-20-39)40-21-15-22-42(33-40)59-43-29-30-47-46-23-11-12-26-48(46)58(51(47)35-43)52-34-41(31-32-55-52)54(2,3)4/h5-35H,1H2,2-4H3. The molecule has 0 bridgehead atoms.